The molecule has 0 aromatic heterocycles. The van der Waals surface area contributed by atoms with Gasteiger partial charge < -0.3 is 20.1 Å². The van der Waals surface area contributed by atoms with Crippen LogP contribution in [-0.4, -0.2) is 32.3 Å². The Morgan fingerprint density at radius 2 is 2.00 bits per heavy atom. The van der Waals surface area contributed by atoms with Crippen molar-refractivity contribution in [3.8, 4) is 11.5 Å². The molecule has 114 valence electrons. The number of carbonyl (C=O) groups is 1. The summed E-state index contributed by atoms with van der Waals surface area (Å²) in [5.41, 5.74) is 3.71. The number of nitrogens with one attached hydrogen (secondary N) is 2. The molecule has 0 spiro atoms. The predicted octanol–water partition coefficient (Wildman–Crippen LogP) is 1.81. The van der Waals surface area contributed by atoms with Crippen molar-refractivity contribution in [1.29, 1.82) is 0 Å². The number of amides is 2. The van der Waals surface area contributed by atoms with E-state index in [9.17, 15) is 4.79 Å². The van der Waals surface area contributed by atoms with Crippen LogP contribution in [0.4, 0.5) is 4.79 Å². The highest BCUT2D eigenvalue weighted by Gasteiger charge is 2.26. The fourth-order valence-corrected chi connectivity index (χ4v) is 2.95. The first kappa shape index (κ1) is 14.0. The first-order valence-corrected chi connectivity index (χ1v) is 7.74. The summed E-state index contributed by atoms with van der Waals surface area (Å²) in [5, 5.41) is 5.72. The van der Waals surface area contributed by atoms with Crippen molar-refractivity contribution >= 4 is 6.03 Å². The molecule has 0 fully saturated rings. The van der Waals surface area contributed by atoms with Crippen LogP contribution in [0, 0.1) is 0 Å². The van der Waals surface area contributed by atoms with E-state index < -0.39 is 0 Å². The first-order chi connectivity index (χ1) is 10.3. The zero-order valence-corrected chi connectivity index (χ0v) is 12.5. The van der Waals surface area contributed by atoms with Crippen LogP contribution in [0.3, 0.4) is 0 Å². The number of ether oxygens (including phenoxy) is 2. The first-order valence-electron chi connectivity index (χ1n) is 7.74. The summed E-state index contributed by atoms with van der Waals surface area (Å²) in [6, 6.07) is 2.02. The van der Waals surface area contributed by atoms with Gasteiger partial charge in [0.05, 0.1) is 13.2 Å². The molecular weight excluding hydrogens is 268 g/mol. The Morgan fingerprint density at radius 3 is 2.86 bits per heavy atom. The number of rotatable bonds is 5. The van der Waals surface area contributed by atoms with Crippen LogP contribution in [0.25, 0.3) is 0 Å². The molecule has 0 saturated heterocycles. The highest BCUT2D eigenvalue weighted by Crippen LogP contribution is 2.40. The summed E-state index contributed by atoms with van der Waals surface area (Å²) >= 11 is 0. The van der Waals surface area contributed by atoms with E-state index in [1.165, 1.54) is 16.7 Å². The second-order valence-electron chi connectivity index (χ2n) is 5.45. The van der Waals surface area contributed by atoms with Crippen LogP contribution in [0.2, 0.25) is 0 Å². The Kier molecular flexibility index (Phi) is 4.18. The van der Waals surface area contributed by atoms with Gasteiger partial charge in [-0.05, 0) is 18.9 Å². The van der Waals surface area contributed by atoms with Gasteiger partial charge in [0.1, 0.15) is 11.5 Å². The standard InChI is InChI=1S/C16H22N2O3/c1-2-6-17-16(19)18-7-3-13-12-5-9-20-14(12)10-11-4-8-21-15(11)13/h10H,2-9H2,1H3,(H2,17,18,19). The van der Waals surface area contributed by atoms with Crippen LogP contribution in [0.15, 0.2) is 6.07 Å². The van der Waals surface area contributed by atoms with Crippen LogP contribution in [0.5, 0.6) is 11.5 Å². The van der Waals surface area contributed by atoms with E-state index in [-0.39, 0.29) is 6.03 Å². The van der Waals surface area contributed by atoms with Gasteiger partial charge >= 0.3 is 6.03 Å². The highest BCUT2D eigenvalue weighted by molar-refractivity contribution is 5.73. The summed E-state index contributed by atoms with van der Waals surface area (Å²) in [6.07, 6.45) is 3.61. The van der Waals surface area contributed by atoms with Gasteiger partial charge in [-0.3, -0.25) is 0 Å². The number of hydrogen-bond acceptors (Lipinski definition) is 3. The third-order valence-corrected chi connectivity index (χ3v) is 3.96. The molecule has 5 heteroatoms. The quantitative estimate of drug-likeness (QED) is 0.869. The average molecular weight is 290 g/mol. The van der Waals surface area contributed by atoms with Gasteiger partial charge in [-0.2, -0.15) is 0 Å². The molecule has 2 heterocycles. The SMILES string of the molecule is CCCNC(=O)NCCc1c2c(cc3c1OCC3)OCC2. The molecule has 0 bridgehead atoms. The monoisotopic (exact) mass is 290 g/mol. The minimum atomic E-state index is -0.0989. The predicted molar refractivity (Wildman–Crippen MR) is 80.2 cm³/mol. The Hall–Kier alpha value is -1.91. The molecule has 2 amide bonds. The van der Waals surface area contributed by atoms with Crippen LogP contribution in [0.1, 0.15) is 30.0 Å². The fraction of sp³-hybridized carbons (Fsp3) is 0.562. The molecule has 21 heavy (non-hydrogen) atoms. The molecule has 0 radical (unpaired) electrons. The lowest BCUT2D eigenvalue weighted by molar-refractivity contribution is 0.241. The summed E-state index contributed by atoms with van der Waals surface area (Å²) in [5.74, 6) is 2.03. The molecule has 2 aliphatic heterocycles. The lowest BCUT2D eigenvalue weighted by Crippen LogP contribution is -2.37. The zero-order valence-electron chi connectivity index (χ0n) is 12.5. The Labute approximate surface area is 125 Å². The van der Waals surface area contributed by atoms with E-state index in [1.54, 1.807) is 0 Å². The van der Waals surface area contributed by atoms with Crippen molar-refractivity contribution in [2.45, 2.75) is 32.6 Å². The highest BCUT2D eigenvalue weighted by atomic mass is 16.5. The van der Waals surface area contributed by atoms with Gasteiger partial charge in [-0.1, -0.05) is 6.92 Å². The van der Waals surface area contributed by atoms with Crippen LogP contribution < -0.4 is 20.1 Å². The maximum absolute atomic E-state index is 11.6. The van der Waals surface area contributed by atoms with Gasteiger partial charge in [-0.15, -0.1) is 0 Å². The molecule has 2 aliphatic rings. The van der Waals surface area contributed by atoms with Crippen LogP contribution in [-0.2, 0) is 19.3 Å². The number of fused-ring (bicyclic) bond motifs is 2. The number of carbonyl (C=O) groups excluding carboxylic acids is 1. The zero-order chi connectivity index (χ0) is 14.7. The summed E-state index contributed by atoms with van der Waals surface area (Å²) in [6.45, 7) is 4.85. The maximum atomic E-state index is 11.6. The minimum absolute atomic E-state index is 0.0989. The Morgan fingerprint density at radius 1 is 1.19 bits per heavy atom. The lowest BCUT2D eigenvalue weighted by atomic mass is 9.97. The molecule has 3 rings (SSSR count). The van der Waals surface area contributed by atoms with Crippen molar-refractivity contribution in [3.63, 3.8) is 0 Å². The average Bonchev–Trinajstić information content (AvgIpc) is 3.12. The molecule has 0 atom stereocenters. The maximum Gasteiger partial charge on any atom is 0.314 e. The Bertz CT molecular complexity index is 511. The van der Waals surface area contributed by atoms with E-state index in [4.69, 9.17) is 9.47 Å². The van der Waals surface area contributed by atoms with Crippen molar-refractivity contribution < 1.29 is 14.3 Å². The number of hydrogen-bond donors (Lipinski definition) is 2. The molecule has 0 unspecified atom stereocenters. The summed E-state index contributed by atoms with van der Waals surface area (Å²) < 4.78 is 11.5. The van der Waals surface area contributed by atoms with Gasteiger partial charge in [0, 0.05) is 42.6 Å². The summed E-state index contributed by atoms with van der Waals surface area (Å²) in [7, 11) is 0. The van der Waals surface area contributed by atoms with Gasteiger partial charge in [0.15, 0.2) is 0 Å². The van der Waals surface area contributed by atoms with E-state index >= 15 is 0 Å². The third-order valence-electron chi connectivity index (χ3n) is 3.96. The van der Waals surface area contributed by atoms with Crippen molar-refractivity contribution in [1.82, 2.24) is 10.6 Å². The molecule has 1 aromatic rings. The third kappa shape index (κ3) is 2.91. The van der Waals surface area contributed by atoms with Crippen molar-refractivity contribution in [3.05, 3.63) is 22.8 Å². The summed E-state index contributed by atoms with van der Waals surface area (Å²) in [4.78, 5) is 11.6. The molecule has 5 nitrogen and oxygen atoms in total. The normalized spacial score (nSPS) is 14.9. The fourth-order valence-electron chi connectivity index (χ4n) is 2.95. The van der Waals surface area contributed by atoms with Crippen molar-refractivity contribution in [2.75, 3.05) is 26.3 Å². The Balaban J connectivity index is 1.67. The molecule has 0 saturated carbocycles. The topological polar surface area (TPSA) is 59.6 Å². The van der Waals surface area contributed by atoms with E-state index in [0.29, 0.717) is 13.1 Å². The minimum Gasteiger partial charge on any atom is -0.493 e. The second kappa shape index (κ2) is 6.24. The smallest absolute Gasteiger partial charge is 0.314 e. The second-order valence-corrected chi connectivity index (χ2v) is 5.45. The van der Waals surface area contributed by atoms with E-state index in [2.05, 4.69) is 16.7 Å². The van der Waals surface area contributed by atoms with Gasteiger partial charge in [0.25, 0.3) is 0 Å². The van der Waals surface area contributed by atoms with Gasteiger partial charge in [0.2, 0.25) is 0 Å². The van der Waals surface area contributed by atoms with Crippen LogP contribution >= 0.6 is 0 Å². The number of urea groups is 1. The largest absolute Gasteiger partial charge is 0.493 e. The molecular formula is C16H22N2O3. The lowest BCUT2D eigenvalue weighted by Gasteiger charge is -2.13. The molecule has 2 N–H and O–H groups in total. The van der Waals surface area contributed by atoms with E-state index in [1.807, 2.05) is 6.92 Å². The van der Waals surface area contributed by atoms with E-state index in [0.717, 1.165) is 50.4 Å². The number of benzene rings is 1. The molecule has 0 aliphatic carbocycles. The van der Waals surface area contributed by atoms with Crippen molar-refractivity contribution in [2.24, 2.45) is 0 Å². The van der Waals surface area contributed by atoms with Gasteiger partial charge in [-0.25, -0.2) is 4.79 Å². The molecule has 1 aromatic carbocycles.